The SMILES string of the molecule is COCCN=C1NC(=O)C(c2ccccc2C(F)(F)F)N1. The van der Waals surface area contributed by atoms with Crippen LogP contribution in [0.2, 0.25) is 0 Å². The third-order valence-corrected chi connectivity index (χ3v) is 2.93. The Balaban J connectivity index is 2.24. The highest BCUT2D eigenvalue weighted by atomic mass is 19.4. The first-order chi connectivity index (χ1) is 9.93. The highest BCUT2D eigenvalue weighted by Gasteiger charge is 2.39. The number of halogens is 3. The van der Waals surface area contributed by atoms with Crippen molar-refractivity contribution in [1.82, 2.24) is 10.6 Å². The maximum Gasteiger partial charge on any atom is 0.416 e. The quantitative estimate of drug-likeness (QED) is 0.828. The molecule has 8 heteroatoms. The predicted molar refractivity (Wildman–Crippen MR) is 69.6 cm³/mol. The molecule has 2 rings (SSSR count). The Morgan fingerprint density at radius 3 is 2.71 bits per heavy atom. The van der Waals surface area contributed by atoms with Gasteiger partial charge in [-0.3, -0.25) is 15.1 Å². The number of guanidine groups is 1. The zero-order valence-corrected chi connectivity index (χ0v) is 11.2. The molecule has 0 spiro atoms. The largest absolute Gasteiger partial charge is 0.416 e. The van der Waals surface area contributed by atoms with Crippen LogP contribution in [0.25, 0.3) is 0 Å². The molecule has 1 amide bonds. The van der Waals surface area contributed by atoms with Crippen LogP contribution in [0.5, 0.6) is 0 Å². The number of amides is 1. The normalized spacial score (nSPS) is 20.5. The average molecular weight is 301 g/mol. The number of hydrogen-bond donors (Lipinski definition) is 2. The Labute approximate surface area is 119 Å². The standard InChI is InChI=1S/C13H14F3N3O2/c1-21-7-6-17-12-18-10(11(20)19-12)8-4-2-3-5-9(8)13(14,15)16/h2-5,10H,6-7H2,1H3,(H2,17,18,19,20). The summed E-state index contributed by atoms with van der Waals surface area (Å²) >= 11 is 0. The Morgan fingerprint density at radius 2 is 2.05 bits per heavy atom. The van der Waals surface area contributed by atoms with Crippen LogP contribution < -0.4 is 10.6 Å². The van der Waals surface area contributed by atoms with Crippen molar-refractivity contribution in [3.8, 4) is 0 Å². The van der Waals surface area contributed by atoms with E-state index in [2.05, 4.69) is 15.6 Å². The summed E-state index contributed by atoms with van der Waals surface area (Å²) in [5.41, 5.74) is -0.963. The van der Waals surface area contributed by atoms with E-state index < -0.39 is 23.7 Å². The summed E-state index contributed by atoms with van der Waals surface area (Å²) in [6.45, 7) is 0.650. The second-order valence-corrected chi connectivity index (χ2v) is 4.37. The van der Waals surface area contributed by atoms with E-state index in [-0.39, 0.29) is 11.5 Å². The van der Waals surface area contributed by atoms with Crippen molar-refractivity contribution in [3.05, 3.63) is 35.4 Å². The summed E-state index contributed by atoms with van der Waals surface area (Å²) in [7, 11) is 1.50. The van der Waals surface area contributed by atoms with E-state index in [1.54, 1.807) is 0 Å². The fourth-order valence-electron chi connectivity index (χ4n) is 1.99. The van der Waals surface area contributed by atoms with Crippen molar-refractivity contribution in [2.45, 2.75) is 12.2 Å². The van der Waals surface area contributed by atoms with Gasteiger partial charge in [-0.2, -0.15) is 13.2 Å². The number of rotatable bonds is 4. The molecule has 1 aromatic rings. The fourth-order valence-corrected chi connectivity index (χ4v) is 1.99. The number of hydrogen-bond acceptors (Lipinski definition) is 3. The zero-order chi connectivity index (χ0) is 15.5. The first kappa shape index (κ1) is 15.3. The van der Waals surface area contributed by atoms with Gasteiger partial charge in [0, 0.05) is 7.11 Å². The molecule has 1 aliphatic heterocycles. The summed E-state index contributed by atoms with van der Waals surface area (Å²) in [5.74, 6) is -0.415. The summed E-state index contributed by atoms with van der Waals surface area (Å²) in [6, 6.07) is 3.86. The molecule has 1 aliphatic rings. The second kappa shape index (κ2) is 6.13. The smallest absolute Gasteiger partial charge is 0.383 e. The molecule has 1 aromatic carbocycles. The number of nitrogens with one attached hydrogen (secondary N) is 2. The van der Waals surface area contributed by atoms with Gasteiger partial charge in [-0.05, 0) is 11.6 Å². The van der Waals surface area contributed by atoms with Crippen LogP contribution in [0, 0.1) is 0 Å². The number of nitrogens with zero attached hydrogens (tertiary/aromatic N) is 1. The number of carbonyl (C=O) groups is 1. The van der Waals surface area contributed by atoms with Gasteiger partial charge in [-0.1, -0.05) is 18.2 Å². The van der Waals surface area contributed by atoms with E-state index >= 15 is 0 Å². The van der Waals surface area contributed by atoms with Gasteiger partial charge in [-0.15, -0.1) is 0 Å². The van der Waals surface area contributed by atoms with E-state index in [4.69, 9.17) is 4.74 Å². The maximum absolute atomic E-state index is 13.0. The van der Waals surface area contributed by atoms with E-state index in [0.29, 0.717) is 13.2 Å². The van der Waals surface area contributed by atoms with Crippen molar-refractivity contribution < 1.29 is 22.7 Å². The maximum atomic E-state index is 13.0. The number of ether oxygens (including phenoxy) is 1. The second-order valence-electron chi connectivity index (χ2n) is 4.37. The lowest BCUT2D eigenvalue weighted by molar-refractivity contribution is -0.138. The zero-order valence-electron chi connectivity index (χ0n) is 11.2. The first-order valence-electron chi connectivity index (χ1n) is 6.20. The Morgan fingerprint density at radius 1 is 1.33 bits per heavy atom. The van der Waals surface area contributed by atoms with Crippen molar-refractivity contribution in [2.75, 3.05) is 20.3 Å². The molecule has 21 heavy (non-hydrogen) atoms. The van der Waals surface area contributed by atoms with Gasteiger partial charge >= 0.3 is 6.18 Å². The van der Waals surface area contributed by atoms with E-state index in [9.17, 15) is 18.0 Å². The Bertz CT molecular complexity index is 558. The monoisotopic (exact) mass is 301 g/mol. The molecule has 5 nitrogen and oxygen atoms in total. The third-order valence-electron chi connectivity index (χ3n) is 2.93. The molecule has 1 atom stereocenters. The van der Waals surface area contributed by atoms with Gasteiger partial charge in [0.15, 0.2) is 5.96 Å². The molecule has 2 N–H and O–H groups in total. The topological polar surface area (TPSA) is 62.7 Å². The highest BCUT2D eigenvalue weighted by Crippen LogP contribution is 2.35. The van der Waals surface area contributed by atoms with Crippen molar-refractivity contribution >= 4 is 11.9 Å². The minimum Gasteiger partial charge on any atom is -0.383 e. The highest BCUT2D eigenvalue weighted by molar-refractivity contribution is 6.06. The predicted octanol–water partition coefficient (Wildman–Crippen LogP) is 1.47. The molecule has 1 heterocycles. The summed E-state index contributed by atoms with van der Waals surface area (Å²) in [6.07, 6.45) is -4.52. The van der Waals surface area contributed by atoms with Gasteiger partial charge in [0.1, 0.15) is 6.04 Å². The lowest BCUT2D eigenvalue weighted by Crippen LogP contribution is -2.26. The van der Waals surface area contributed by atoms with Gasteiger partial charge in [0.05, 0.1) is 18.7 Å². The molecule has 0 radical (unpaired) electrons. The van der Waals surface area contributed by atoms with Crippen LogP contribution in [-0.4, -0.2) is 32.1 Å². The van der Waals surface area contributed by atoms with E-state index in [1.807, 2.05) is 0 Å². The third kappa shape index (κ3) is 3.52. The van der Waals surface area contributed by atoms with Gasteiger partial charge < -0.3 is 10.1 Å². The minimum atomic E-state index is -4.52. The Hall–Kier alpha value is -2.09. The number of benzene rings is 1. The van der Waals surface area contributed by atoms with E-state index in [0.717, 1.165) is 6.07 Å². The number of methoxy groups -OCH3 is 1. The van der Waals surface area contributed by atoms with Gasteiger partial charge in [-0.25, -0.2) is 0 Å². The lowest BCUT2D eigenvalue weighted by Gasteiger charge is -2.15. The first-order valence-corrected chi connectivity index (χ1v) is 6.20. The molecular formula is C13H14F3N3O2. The molecule has 0 aromatic heterocycles. The fraction of sp³-hybridized carbons (Fsp3) is 0.385. The molecular weight excluding hydrogens is 287 g/mol. The van der Waals surface area contributed by atoms with Crippen LogP contribution in [0.4, 0.5) is 13.2 Å². The molecule has 1 unspecified atom stereocenters. The summed E-state index contributed by atoms with van der Waals surface area (Å²) in [5, 5.41) is 5.08. The molecule has 0 bridgehead atoms. The van der Waals surface area contributed by atoms with Crippen molar-refractivity contribution in [3.63, 3.8) is 0 Å². The average Bonchev–Trinajstić information content (AvgIpc) is 2.79. The van der Waals surface area contributed by atoms with Crippen LogP contribution in [0.15, 0.2) is 29.3 Å². The number of aliphatic imine (C=N–C) groups is 1. The van der Waals surface area contributed by atoms with Crippen molar-refractivity contribution in [1.29, 1.82) is 0 Å². The van der Waals surface area contributed by atoms with Gasteiger partial charge in [0.25, 0.3) is 5.91 Å². The van der Waals surface area contributed by atoms with Crippen LogP contribution in [-0.2, 0) is 15.7 Å². The number of carbonyl (C=O) groups excluding carboxylic acids is 1. The summed E-state index contributed by atoms with van der Waals surface area (Å²) < 4.78 is 43.7. The molecule has 1 saturated heterocycles. The van der Waals surface area contributed by atoms with Crippen LogP contribution in [0.1, 0.15) is 17.2 Å². The molecule has 1 fully saturated rings. The van der Waals surface area contributed by atoms with Crippen LogP contribution >= 0.6 is 0 Å². The Kier molecular flexibility index (Phi) is 4.46. The lowest BCUT2D eigenvalue weighted by atomic mass is 10.00. The van der Waals surface area contributed by atoms with Crippen LogP contribution in [0.3, 0.4) is 0 Å². The molecule has 114 valence electrons. The van der Waals surface area contributed by atoms with Crippen molar-refractivity contribution in [2.24, 2.45) is 4.99 Å². The van der Waals surface area contributed by atoms with E-state index in [1.165, 1.54) is 25.3 Å². The number of alkyl halides is 3. The van der Waals surface area contributed by atoms with Gasteiger partial charge in [0.2, 0.25) is 0 Å². The summed E-state index contributed by atoms with van der Waals surface area (Å²) in [4.78, 5) is 15.8. The molecule has 0 aliphatic carbocycles. The minimum absolute atomic E-state index is 0.126. The molecule has 0 saturated carbocycles.